The number of aromatic nitrogens is 1. The van der Waals surface area contributed by atoms with Crippen LogP contribution in [-0.4, -0.2) is 37.9 Å². The Balaban J connectivity index is 1.99. The first kappa shape index (κ1) is 12.8. The van der Waals surface area contributed by atoms with Crippen molar-refractivity contribution in [1.29, 1.82) is 0 Å². The molecule has 1 aromatic heterocycles. The number of amides is 1. The molecule has 2 rings (SSSR count). The van der Waals surface area contributed by atoms with Gasteiger partial charge in [-0.1, -0.05) is 0 Å². The third-order valence-corrected chi connectivity index (χ3v) is 4.58. The molecule has 0 bridgehead atoms. The predicted molar refractivity (Wildman–Crippen MR) is 66.2 cm³/mol. The molecule has 7 heteroatoms. The van der Waals surface area contributed by atoms with Gasteiger partial charge in [0.2, 0.25) is 11.8 Å². The quantitative estimate of drug-likeness (QED) is 0.862. The Morgan fingerprint density at radius 1 is 1.50 bits per heavy atom. The molecule has 2 heterocycles. The number of methoxy groups -OCH3 is 1. The van der Waals surface area contributed by atoms with Gasteiger partial charge in [0.05, 0.1) is 36.4 Å². The highest BCUT2D eigenvalue weighted by Crippen LogP contribution is 2.20. The molecule has 1 unspecified atom stereocenters. The number of carbonyl (C=O) groups is 1. The molecule has 0 aromatic carbocycles. The molecule has 1 aliphatic heterocycles. The molecule has 1 aliphatic rings. The van der Waals surface area contributed by atoms with Crippen LogP contribution in [0.2, 0.25) is 0 Å². The van der Waals surface area contributed by atoms with Crippen LogP contribution in [0.5, 0.6) is 5.88 Å². The van der Waals surface area contributed by atoms with Crippen LogP contribution >= 0.6 is 0 Å². The van der Waals surface area contributed by atoms with E-state index >= 15 is 0 Å². The fourth-order valence-corrected chi connectivity index (χ4v) is 3.56. The van der Waals surface area contributed by atoms with E-state index in [9.17, 15) is 13.2 Å². The minimum atomic E-state index is -3.04. The number of rotatable bonds is 3. The molecule has 1 atom stereocenters. The second kappa shape index (κ2) is 4.93. The standard InChI is InChI=1S/C11H14N2O4S/c1-17-10-3-2-9(6-12-10)13-11(14)8-4-5-18(15,16)7-8/h2-3,6,8H,4-5,7H2,1H3,(H,13,14). The lowest BCUT2D eigenvalue weighted by Crippen LogP contribution is -2.23. The van der Waals surface area contributed by atoms with E-state index in [4.69, 9.17) is 4.74 Å². The maximum atomic E-state index is 11.8. The molecule has 1 fully saturated rings. The van der Waals surface area contributed by atoms with Gasteiger partial charge in [0.25, 0.3) is 0 Å². The third kappa shape index (κ3) is 2.98. The summed E-state index contributed by atoms with van der Waals surface area (Å²) >= 11 is 0. The predicted octanol–water partition coefficient (Wildman–Crippen LogP) is 0.463. The Morgan fingerprint density at radius 2 is 2.28 bits per heavy atom. The van der Waals surface area contributed by atoms with Crippen molar-refractivity contribution in [1.82, 2.24) is 4.98 Å². The van der Waals surface area contributed by atoms with Crippen molar-refractivity contribution in [2.24, 2.45) is 5.92 Å². The fraction of sp³-hybridized carbons (Fsp3) is 0.455. The largest absolute Gasteiger partial charge is 0.481 e. The molecular formula is C11H14N2O4S. The average Bonchev–Trinajstić information content (AvgIpc) is 2.71. The minimum absolute atomic E-state index is 0.0670. The van der Waals surface area contributed by atoms with Gasteiger partial charge in [0.1, 0.15) is 0 Å². The lowest BCUT2D eigenvalue weighted by Gasteiger charge is -2.09. The second-order valence-electron chi connectivity index (χ2n) is 4.18. The second-order valence-corrected chi connectivity index (χ2v) is 6.41. The first-order valence-corrected chi connectivity index (χ1v) is 7.33. The van der Waals surface area contributed by atoms with E-state index < -0.39 is 15.8 Å². The molecule has 0 saturated carbocycles. The number of pyridine rings is 1. The number of nitrogens with zero attached hydrogens (tertiary/aromatic N) is 1. The Labute approximate surface area is 105 Å². The van der Waals surface area contributed by atoms with Crippen LogP contribution < -0.4 is 10.1 Å². The lowest BCUT2D eigenvalue weighted by atomic mass is 10.1. The van der Waals surface area contributed by atoms with Crippen LogP contribution in [0.4, 0.5) is 5.69 Å². The first-order chi connectivity index (χ1) is 8.50. The van der Waals surface area contributed by atoms with Gasteiger partial charge >= 0.3 is 0 Å². The average molecular weight is 270 g/mol. The van der Waals surface area contributed by atoms with Gasteiger partial charge in [0.15, 0.2) is 9.84 Å². The summed E-state index contributed by atoms with van der Waals surface area (Å²) in [5.41, 5.74) is 0.532. The minimum Gasteiger partial charge on any atom is -0.481 e. The highest BCUT2D eigenvalue weighted by Gasteiger charge is 2.32. The van der Waals surface area contributed by atoms with Gasteiger partial charge in [-0.25, -0.2) is 13.4 Å². The number of sulfone groups is 1. The van der Waals surface area contributed by atoms with Gasteiger partial charge in [0, 0.05) is 6.07 Å². The molecule has 0 radical (unpaired) electrons. The summed E-state index contributed by atoms with van der Waals surface area (Å²) in [6, 6.07) is 3.29. The topological polar surface area (TPSA) is 85.4 Å². The maximum absolute atomic E-state index is 11.8. The molecular weight excluding hydrogens is 256 g/mol. The summed E-state index contributed by atoms with van der Waals surface area (Å²) in [6.45, 7) is 0. The summed E-state index contributed by atoms with van der Waals surface area (Å²) in [5.74, 6) is -0.259. The molecule has 98 valence electrons. The molecule has 1 amide bonds. The van der Waals surface area contributed by atoms with E-state index in [0.717, 1.165) is 0 Å². The van der Waals surface area contributed by atoms with Crippen molar-refractivity contribution in [2.45, 2.75) is 6.42 Å². The molecule has 1 N–H and O–H groups in total. The Hall–Kier alpha value is -1.63. The van der Waals surface area contributed by atoms with E-state index in [-0.39, 0.29) is 17.4 Å². The molecule has 1 aromatic rings. The zero-order valence-corrected chi connectivity index (χ0v) is 10.7. The normalized spacial score (nSPS) is 21.5. The van der Waals surface area contributed by atoms with Gasteiger partial charge < -0.3 is 10.1 Å². The number of hydrogen-bond donors (Lipinski definition) is 1. The number of carbonyl (C=O) groups excluding carboxylic acids is 1. The van der Waals surface area contributed by atoms with Gasteiger partial charge in [-0.05, 0) is 12.5 Å². The molecule has 0 aliphatic carbocycles. The summed E-state index contributed by atoms with van der Waals surface area (Å²) < 4.78 is 27.4. The Bertz CT molecular complexity index is 539. The summed E-state index contributed by atoms with van der Waals surface area (Å²) in [5, 5.41) is 2.65. The van der Waals surface area contributed by atoms with E-state index in [2.05, 4.69) is 10.3 Å². The van der Waals surface area contributed by atoms with E-state index in [0.29, 0.717) is 18.0 Å². The number of hydrogen-bond acceptors (Lipinski definition) is 5. The molecule has 0 spiro atoms. The van der Waals surface area contributed by atoms with Crippen LogP contribution in [0.15, 0.2) is 18.3 Å². The molecule has 6 nitrogen and oxygen atoms in total. The van der Waals surface area contributed by atoms with Crippen LogP contribution in [0, 0.1) is 5.92 Å². The lowest BCUT2D eigenvalue weighted by molar-refractivity contribution is -0.119. The zero-order valence-electron chi connectivity index (χ0n) is 9.92. The molecule has 18 heavy (non-hydrogen) atoms. The Morgan fingerprint density at radius 3 is 2.78 bits per heavy atom. The van der Waals surface area contributed by atoms with Crippen molar-refractivity contribution in [3.8, 4) is 5.88 Å². The number of anilines is 1. The van der Waals surface area contributed by atoms with Gasteiger partial charge in [-0.15, -0.1) is 0 Å². The van der Waals surface area contributed by atoms with Crippen LogP contribution in [0.3, 0.4) is 0 Å². The zero-order chi connectivity index (χ0) is 13.2. The van der Waals surface area contributed by atoms with Crippen molar-refractivity contribution in [2.75, 3.05) is 23.9 Å². The number of nitrogens with one attached hydrogen (secondary N) is 1. The summed E-state index contributed by atoms with van der Waals surface area (Å²) in [6.07, 6.45) is 1.86. The summed E-state index contributed by atoms with van der Waals surface area (Å²) in [4.78, 5) is 15.8. The third-order valence-electron chi connectivity index (χ3n) is 2.82. The maximum Gasteiger partial charge on any atom is 0.228 e. The fourth-order valence-electron chi connectivity index (χ4n) is 1.82. The van der Waals surface area contributed by atoms with Crippen molar-refractivity contribution >= 4 is 21.4 Å². The Kier molecular flexibility index (Phi) is 3.51. The number of ether oxygens (including phenoxy) is 1. The summed E-state index contributed by atoms with van der Waals surface area (Å²) in [7, 11) is -1.54. The van der Waals surface area contributed by atoms with Crippen LogP contribution in [-0.2, 0) is 14.6 Å². The van der Waals surface area contributed by atoms with E-state index in [1.807, 2.05) is 0 Å². The van der Waals surface area contributed by atoms with E-state index in [1.54, 1.807) is 12.1 Å². The first-order valence-electron chi connectivity index (χ1n) is 5.51. The highest BCUT2D eigenvalue weighted by molar-refractivity contribution is 7.91. The van der Waals surface area contributed by atoms with Crippen LogP contribution in [0.25, 0.3) is 0 Å². The smallest absolute Gasteiger partial charge is 0.228 e. The van der Waals surface area contributed by atoms with Crippen molar-refractivity contribution in [3.63, 3.8) is 0 Å². The van der Waals surface area contributed by atoms with Crippen LogP contribution in [0.1, 0.15) is 6.42 Å². The monoisotopic (exact) mass is 270 g/mol. The van der Waals surface area contributed by atoms with Crippen molar-refractivity contribution < 1.29 is 17.9 Å². The van der Waals surface area contributed by atoms with Gasteiger partial charge in [-0.3, -0.25) is 4.79 Å². The van der Waals surface area contributed by atoms with E-state index in [1.165, 1.54) is 13.3 Å². The van der Waals surface area contributed by atoms with Gasteiger partial charge in [-0.2, -0.15) is 0 Å². The molecule has 1 saturated heterocycles. The van der Waals surface area contributed by atoms with Crippen molar-refractivity contribution in [3.05, 3.63) is 18.3 Å². The highest BCUT2D eigenvalue weighted by atomic mass is 32.2. The SMILES string of the molecule is COc1ccc(NC(=O)C2CCS(=O)(=O)C2)cn1.